The number of carbonyl (C=O) groups is 2. The van der Waals surface area contributed by atoms with Gasteiger partial charge in [-0.05, 0) is 54.1 Å². The topological polar surface area (TPSA) is 89.2 Å². The van der Waals surface area contributed by atoms with Crippen LogP contribution < -0.4 is 9.47 Å². The summed E-state index contributed by atoms with van der Waals surface area (Å²) in [6, 6.07) is 16.3. The molecule has 1 atom stereocenters. The molecule has 0 aliphatic carbocycles. The van der Waals surface area contributed by atoms with E-state index in [-0.39, 0.29) is 17.9 Å². The monoisotopic (exact) mass is 419 g/mol. The van der Waals surface area contributed by atoms with Gasteiger partial charge in [0.05, 0.1) is 38.6 Å². The Hall–Kier alpha value is -4.00. The fourth-order valence-corrected chi connectivity index (χ4v) is 3.68. The number of amides is 1. The second-order valence-corrected chi connectivity index (χ2v) is 7.01. The molecule has 7 heteroatoms. The Kier molecular flexibility index (Phi) is 5.49. The molecule has 0 radical (unpaired) electrons. The molecular formula is C24H21NO6. The third-order valence-electron chi connectivity index (χ3n) is 5.22. The molecule has 1 aliphatic heterocycles. The second-order valence-electron chi connectivity index (χ2n) is 7.01. The summed E-state index contributed by atoms with van der Waals surface area (Å²) in [7, 11) is 3.08. The van der Waals surface area contributed by atoms with E-state index in [1.165, 1.54) is 25.4 Å². The minimum atomic E-state index is -0.803. The van der Waals surface area contributed by atoms with Crippen molar-refractivity contribution >= 4 is 17.4 Å². The molecule has 4 rings (SSSR count). The number of likely N-dealkylation sites (tertiary alicyclic amines) is 1. The lowest BCUT2D eigenvalue weighted by atomic mass is 9.95. The van der Waals surface area contributed by atoms with E-state index in [2.05, 4.69) is 0 Å². The highest BCUT2D eigenvalue weighted by atomic mass is 16.5. The average Bonchev–Trinajstić information content (AvgIpc) is 3.41. The number of benzene rings is 2. The molecule has 0 bridgehead atoms. The maximum absolute atomic E-state index is 13.0. The summed E-state index contributed by atoms with van der Waals surface area (Å²) < 4.78 is 15.9. The van der Waals surface area contributed by atoms with Crippen LogP contribution in [0.25, 0.3) is 5.76 Å². The predicted octanol–water partition coefficient (Wildman–Crippen LogP) is 3.92. The molecule has 1 amide bonds. The van der Waals surface area contributed by atoms with E-state index in [0.29, 0.717) is 28.4 Å². The molecule has 158 valence electrons. The summed E-state index contributed by atoms with van der Waals surface area (Å²) >= 11 is 0. The van der Waals surface area contributed by atoms with E-state index in [0.717, 1.165) is 0 Å². The van der Waals surface area contributed by atoms with Crippen LogP contribution in [0.4, 0.5) is 0 Å². The van der Waals surface area contributed by atoms with E-state index in [9.17, 15) is 14.7 Å². The predicted molar refractivity (Wildman–Crippen MR) is 113 cm³/mol. The standard InChI is InChI=1S/C24H21NO6/c1-29-17-10-8-15(9-11-17)22(26)20-21(16-5-3-6-18(13-16)30-2)25(24(28)23(20)27)14-19-7-4-12-31-19/h3-13,21,26H,14H2,1-2H3/b22-20+. The fourth-order valence-electron chi connectivity index (χ4n) is 3.68. The van der Waals surface area contributed by atoms with Gasteiger partial charge in [0.15, 0.2) is 0 Å². The molecule has 0 spiro atoms. The summed E-state index contributed by atoms with van der Waals surface area (Å²) in [6.45, 7) is 0.0822. The Balaban J connectivity index is 1.86. The molecule has 7 nitrogen and oxygen atoms in total. The zero-order valence-electron chi connectivity index (χ0n) is 17.1. The summed E-state index contributed by atoms with van der Waals surface area (Å²) in [5, 5.41) is 11.1. The highest BCUT2D eigenvalue weighted by Crippen LogP contribution is 2.41. The first kappa shape index (κ1) is 20.3. The number of furan rings is 1. The van der Waals surface area contributed by atoms with Crippen LogP contribution in [-0.2, 0) is 16.1 Å². The number of ether oxygens (including phenoxy) is 2. The zero-order valence-corrected chi connectivity index (χ0v) is 17.1. The molecule has 31 heavy (non-hydrogen) atoms. The number of ketones is 1. The Labute approximate surface area is 179 Å². The van der Waals surface area contributed by atoms with E-state index in [1.807, 2.05) is 0 Å². The quantitative estimate of drug-likeness (QED) is 0.370. The van der Waals surface area contributed by atoms with Crippen LogP contribution in [-0.4, -0.2) is 35.9 Å². The van der Waals surface area contributed by atoms with Gasteiger partial charge >= 0.3 is 0 Å². The number of aliphatic hydroxyl groups excluding tert-OH is 1. The van der Waals surface area contributed by atoms with Crippen LogP contribution in [0.5, 0.6) is 11.5 Å². The van der Waals surface area contributed by atoms with Crippen molar-refractivity contribution in [2.24, 2.45) is 0 Å². The Morgan fingerprint density at radius 1 is 1.00 bits per heavy atom. The second kappa shape index (κ2) is 8.39. The van der Waals surface area contributed by atoms with Gasteiger partial charge in [0, 0.05) is 5.56 Å². The molecule has 3 aromatic rings. The zero-order chi connectivity index (χ0) is 22.0. The summed E-state index contributed by atoms with van der Waals surface area (Å²) in [6.07, 6.45) is 1.50. The Morgan fingerprint density at radius 2 is 1.74 bits per heavy atom. The molecule has 1 saturated heterocycles. The lowest BCUT2D eigenvalue weighted by Crippen LogP contribution is -2.29. The summed E-state index contributed by atoms with van der Waals surface area (Å²) in [5.74, 6) is -0.00771. The van der Waals surface area contributed by atoms with E-state index < -0.39 is 17.7 Å². The van der Waals surface area contributed by atoms with Gasteiger partial charge in [-0.15, -0.1) is 0 Å². The maximum Gasteiger partial charge on any atom is 0.296 e. The van der Waals surface area contributed by atoms with Gasteiger partial charge < -0.3 is 23.9 Å². The van der Waals surface area contributed by atoms with Crippen molar-refractivity contribution in [2.45, 2.75) is 12.6 Å². The van der Waals surface area contributed by atoms with Gasteiger partial charge in [-0.1, -0.05) is 12.1 Å². The molecule has 1 N–H and O–H groups in total. The fraction of sp³-hybridized carbons (Fsp3) is 0.167. The van der Waals surface area contributed by atoms with Crippen molar-refractivity contribution < 1.29 is 28.6 Å². The van der Waals surface area contributed by atoms with Crippen molar-refractivity contribution in [2.75, 3.05) is 14.2 Å². The number of hydrogen-bond acceptors (Lipinski definition) is 6. The number of methoxy groups -OCH3 is 2. The Bertz CT molecular complexity index is 1130. The third-order valence-corrected chi connectivity index (χ3v) is 5.22. The van der Waals surface area contributed by atoms with E-state index in [4.69, 9.17) is 13.9 Å². The smallest absolute Gasteiger partial charge is 0.296 e. The summed E-state index contributed by atoms with van der Waals surface area (Å²) in [5.41, 5.74) is 1.06. The first-order chi connectivity index (χ1) is 15.0. The maximum atomic E-state index is 13.0. The molecular weight excluding hydrogens is 398 g/mol. The molecule has 2 aromatic carbocycles. The van der Waals surface area contributed by atoms with E-state index in [1.54, 1.807) is 60.7 Å². The van der Waals surface area contributed by atoms with Crippen LogP contribution in [0.15, 0.2) is 76.9 Å². The first-order valence-corrected chi connectivity index (χ1v) is 9.62. The van der Waals surface area contributed by atoms with Crippen molar-refractivity contribution in [3.8, 4) is 11.5 Å². The lowest BCUT2D eigenvalue weighted by molar-refractivity contribution is -0.140. The minimum absolute atomic E-state index is 0.00924. The van der Waals surface area contributed by atoms with Gasteiger partial charge in [0.2, 0.25) is 0 Å². The molecule has 1 aromatic heterocycles. The molecule has 1 aliphatic rings. The SMILES string of the molecule is COc1ccc(/C(O)=C2\C(=O)C(=O)N(Cc3ccco3)C2c2cccc(OC)c2)cc1. The van der Waals surface area contributed by atoms with E-state index >= 15 is 0 Å². The highest BCUT2D eigenvalue weighted by Gasteiger charge is 2.46. The molecule has 0 saturated carbocycles. The first-order valence-electron chi connectivity index (χ1n) is 9.62. The van der Waals surface area contributed by atoms with Gasteiger partial charge in [-0.2, -0.15) is 0 Å². The van der Waals surface area contributed by atoms with Gasteiger partial charge in [-0.25, -0.2) is 0 Å². The van der Waals surface area contributed by atoms with Crippen LogP contribution in [0.2, 0.25) is 0 Å². The number of nitrogens with zero attached hydrogens (tertiary/aromatic N) is 1. The number of rotatable bonds is 6. The number of hydrogen-bond donors (Lipinski definition) is 1. The van der Waals surface area contributed by atoms with Gasteiger partial charge in [0.1, 0.15) is 23.0 Å². The summed E-state index contributed by atoms with van der Waals surface area (Å²) in [4.78, 5) is 27.4. The van der Waals surface area contributed by atoms with Crippen LogP contribution in [0.1, 0.15) is 22.9 Å². The van der Waals surface area contributed by atoms with Crippen molar-refractivity contribution in [3.05, 3.63) is 89.4 Å². The molecule has 1 fully saturated rings. The molecule has 1 unspecified atom stereocenters. The van der Waals surface area contributed by atoms with Crippen molar-refractivity contribution in [1.29, 1.82) is 0 Å². The number of carbonyl (C=O) groups excluding carboxylic acids is 2. The van der Waals surface area contributed by atoms with Gasteiger partial charge in [0.25, 0.3) is 11.7 Å². The van der Waals surface area contributed by atoms with Gasteiger partial charge in [-0.3, -0.25) is 9.59 Å². The van der Waals surface area contributed by atoms with Crippen molar-refractivity contribution in [3.63, 3.8) is 0 Å². The van der Waals surface area contributed by atoms with Crippen molar-refractivity contribution in [1.82, 2.24) is 4.90 Å². The lowest BCUT2D eigenvalue weighted by Gasteiger charge is -2.24. The Morgan fingerprint density at radius 3 is 2.39 bits per heavy atom. The largest absolute Gasteiger partial charge is 0.507 e. The molecule has 2 heterocycles. The van der Waals surface area contributed by atoms with Crippen LogP contribution in [0.3, 0.4) is 0 Å². The average molecular weight is 419 g/mol. The third kappa shape index (κ3) is 3.77. The minimum Gasteiger partial charge on any atom is -0.507 e. The van der Waals surface area contributed by atoms with Crippen LogP contribution >= 0.6 is 0 Å². The van der Waals surface area contributed by atoms with Crippen LogP contribution in [0, 0.1) is 0 Å². The normalized spacial score (nSPS) is 17.7. The highest BCUT2D eigenvalue weighted by molar-refractivity contribution is 6.46. The number of Topliss-reactive ketones (excluding diaryl/α,β-unsaturated/α-hetero) is 1. The number of aliphatic hydroxyl groups is 1.